The number of fused-ring (bicyclic) bond motifs is 1. The van der Waals surface area contributed by atoms with Crippen LogP contribution in [0.5, 0.6) is 0 Å². The number of benzene rings is 1. The highest BCUT2D eigenvalue weighted by molar-refractivity contribution is 7.17. The summed E-state index contributed by atoms with van der Waals surface area (Å²) < 4.78 is 5.23. The maximum Gasteiger partial charge on any atom is 0.349 e. The van der Waals surface area contributed by atoms with Gasteiger partial charge in [-0.3, -0.25) is 9.59 Å². The Morgan fingerprint density at radius 3 is 2.60 bits per heavy atom. The molecule has 6 nitrogen and oxygen atoms in total. The third-order valence-corrected chi connectivity index (χ3v) is 7.04. The Balaban J connectivity index is 1.43. The van der Waals surface area contributed by atoms with E-state index in [-0.39, 0.29) is 0 Å². The van der Waals surface area contributed by atoms with Gasteiger partial charge < -0.3 is 15.8 Å². The first-order chi connectivity index (χ1) is 14.5. The molecule has 3 N–H and O–H groups in total. The summed E-state index contributed by atoms with van der Waals surface area (Å²) in [6.07, 6.45) is 3.72. The minimum atomic E-state index is -0.556. The Morgan fingerprint density at radius 1 is 1.07 bits per heavy atom. The number of hydrogen-bond donors (Lipinski definition) is 2. The highest BCUT2D eigenvalue weighted by atomic mass is 32.1. The summed E-state index contributed by atoms with van der Waals surface area (Å²) in [4.78, 5) is 38.4. The largest absolute Gasteiger partial charge is 0.451 e. The van der Waals surface area contributed by atoms with Crippen LogP contribution >= 0.6 is 22.7 Å². The number of ether oxygens (including phenoxy) is 1. The smallest absolute Gasteiger partial charge is 0.349 e. The third kappa shape index (κ3) is 4.15. The van der Waals surface area contributed by atoms with Gasteiger partial charge in [-0.25, -0.2) is 4.79 Å². The Bertz CT molecular complexity index is 1100. The minimum Gasteiger partial charge on any atom is -0.451 e. The van der Waals surface area contributed by atoms with Crippen LogP contribution in [0, 0.1) is 0 Å². The molecule has 0 saturated carbocycles. The van der Waals surface area contributed by atoms with Gasteiger partial charge in [0.25, 0.3) is 11.8 Å². The molecule has 0 bridgehead atoms. The molecule has 154 valence electrons. The number of carbonyl (C=O) groups is 3. The number of rotatable bonds is 6. The molecule has 0 unspecified atom stereocenters. The maximum atomic E-state index is 12.5. The molecule has 3 aromatic rings. The van der Waals surface area contributed by atoms with E-state index in [0.717, 1.165) is 47.3 Å². The van der Waals surface area contributed by atoms with Crippen LogP contribution in [-0.4, -0.2) is 24.4 Å². The molecular weight excluding hydrogens is 420 g/mol. The van der Waals surface area contributed by atoms with Crippen LogP contribution in [-0.2, 0) is 22.4 Å². The van der Waals surface area contributed by atoms with Crippen molar-refractivity contribution >= 4 is 45.5 Å². The topological polar surface area (TPSA) is 98.5 Å². The van der Waals surface area contributed by atoms with Gasteiger partial charge in [-0.1, -0.05) is 30.3 Å². The predicted molar refractivity (Wildman–Crippen MR) is 118 cm³/mol. The molecule has 4 rings (SSSR count). The lowest BCUT2D eigenvalue weighted by Gasteiger charge is -2.11. The summed E-state index contributed by atoms with van der Waals surface area (Å²) in [5.41, 5.74) is 8.56. The number of nitrogens with two attached hydrogens (primary N) is 1. The molecule has 0 radical (unpaired) electrons. The van der Waals surface area contributed by atoms with Crippen molar-refractivity contribution in [2.45, 2.75) is 25.7 Å². The standard InChI is InChI=1S/C22H20N2O4S2/c23-20(26)18-15-8-4-5-9-16(15)30-21(18)24-17(25)12-28-22(27)19-14(10-11-29-19)13-6-2-1-3-7-13/h1-3,6-7,10-11H,4-5,8-9,12H2,(H2,23,26)(H,24,25). The van der Waals surface area contributed by atoms with E-state index in [2.05, 4.69) is 5.32 Å². The lowest BCUT2D eigenvalue weighted by Crippen LogP contribution is -2.22. The van der Waals surface area contributed by atoms with Crippen LogP contribution in [0.4, 0.5) is 5.00 Å². The normalized spacial score (nSPS) is 12.8. The van der Waals surface area contributed by atoms with Crippen molar-refractivity contribution in [2.24, 2.45) is 5.73 Å². The number of carbonyl (C=O) groups excluding carboxylic acids is 3. The first-order valence-corrected chi connectivity index (χ1v) is 11.3. The molecule has 2 amide bonds. The van der Waals surface area contributed by atoms with Gasteiger partial charge >= 0.3 is 5.97 Å². The molecule has 2 heterocycles. The van der Waals surface area contributed by atoms with E-state index in [0.29, 0.717) is 15.4 Å². The molecule has 0 spiro atoms. The van der Waals surface area contributed by atoms with Crippen molar-refractivity contribution in [3.05, 3.63) is 62.7 Å². The fourth-order valence-corrected chi connectivity index (χ4v) is 5.71. The minimum absolute atomic E-state index is 0.388. The summed E-state index contributed by atoms with van der Waals surface area (Å²) in [7, 11) is 0. The van der Waals surface area contributed by atoms with Crippen LogP contribution in [0.3, 0.4) is 0 Å². The quantitative estimate of drug-likeness (QED) is 0.560. The Hall–Kier alpha value is -2.97. The molecule has 2 aromatic heterocycles. The Morgan fingerprint density at radius 2 is 1.83 bits per heavy atom. The molecular formula is C22H20N2O4S2. The van der Waals surface area contributed by atoms with Crippen molar-refractivity contribution in [1.29, 1.82) is 0 Å². The molecule has 1 aliphatic carbocycles. The van der Waals surface area contributed by atoms with Crippen LogP contribution in [0.2, 0.25) is 0 Å². The number of hydrogen-bond acceptors (Lipinski definition) is 6. The van der Waals surface area contributed by atoms with Crippen LogP contribution < -0.4 is 11.1 Å². The third-order valence-electron chi connectivity index (χ3n) is 4.94. The van der Waals surface area contributed by atoms with Gasteiger partial charge in [-0.15, -0.1) is 22.7 Å². The van der Waals surface area contributed by atoms with Crippen molar-refractivity contribution in [3.63, 3.8) is 0 Å². The highest BCUT2D eigenvalue weighted by Crippen LogP contribution is 2.38. The highest BCUT2D eigenvalue weighted by Gasteiger charge is 2.25. The van der Waals surface area contributed by atoms with Gasteiger partial charge in [-0.05, 0) is 48.3 Å². The van der Waals surface area contributed by atoms with Crippen molar-refractivity contribution < 1.29 is 19.1 Å². The van der Waals surface area contributed by atoms with E-state index in [1.807, 2.05) is 41.8 Å². The fraction of sp³-hybridized carbons (Fsp3) is 0.227. The first kappa shape index (κ1) is 20.3. The van der Waals surface area contributed by atoms with E-state index in [1.54, 1.807) is 0 Å². The van der Waals surface area contributed by atoms with Gasteiger partial charge in [0.1, 0.15) is 9.88 Å². The van der Waals surface area contributed by atoms with Crippen LogP contribution in [0.1, 0.15) is 43.3 Å². The zero-order chi connectivity index (χ0) is 21.1. The Kier molecular flexibility index (Phi) is 5.96. The fourth-order valence-electron chi connectivity index (χ4n) is 3.59. The van der Waals surface area contributed by atoms with Gasteiger partial charge in [0.15, 0.2) is 6.61 Å². The zero-order valence-electron chi connectivity index (χ0n) is 16.1. The van der Waals surface area contributed by atoms with Crippen molar-refractivity contribution in [3.8, 4) is 11.1 Å². The molecule has 0 fully saturated rings. The van der Waals surface area contributed by atoms with Crippen molar-refractivity contribution in [2.75, 3.05) is 11.9 Å². The number of primary amides is 1. The van der Waals surface area contributed by atoms with Gasteiger partial charge in [0.05, 0.1) is 5.56 Å². The number of thiophene rings is 2. The molecule has 0 atom stereocenters. The number of amides is 2. The van der Waals surface area contributed by atoms with Crippen LogP contribution in [0.15, 0.2) is 41.8 Å². The number of nitrogens with one attached hydrogen (secondary N) is 1. The van der Waals surface area contributed by atoms with E-state index in [4.69, 9.17) is 10.5 Å². The van der Waals surface area contributed by atoms with Gasteiger partial charge in [0, 0.05) is 10.4 Å². The van der Waals surface area contributed by atoms with E-state index in [9.17, 15) is 14.4 Å². The Labute approximate surface area is 181 Å². The zero-order valence-corrected chi connectivity index (χ0v) is 17.7. The van der Waals surface area contributed by atoms with E-state index < -0.39 is 24.4 Å². The number of esters is 1. The summed E-state index contributed by atoms with van der Waals surface area (Å²) in [5, 5.41) is 4.96. The molecule has 1 aliphatic rings. The SMILES string of the molecule is NC(=O)c1c(NC(=O)COC(=O)c2sccc2-c2ccccc2)sc2c1CCCC2. The monoisotopic (exact) mass is 440 g/mol. The second kappa shape index (κ2) is 8.81. The molecule has 0 saturated heterocycles. The molecule has 30 heavy (non-hydrogen) atoms. The summed E-state index contributed by atoms with van der Waals surface area (Å²) in [5.74, 6) is -1.60. The number of anilines is 1. The summed E-state index contributed by atoms with van der Waals surface area (Å²) in [6, 6.07) is 11.4. The van der Waals surface area contributed by atoms with Gasteiger partial charge in [-0.2, -0.15) is 0 Å². The average Bonchev–Trinajstić information content (AvgIpc) is 3.37. The van der Waals surface area contributed by atoms with Gasteiger partial charge in [0.2, 0.25) is 0 Å². The average molecular weight is 441 g/mol. The second-order valence-corrected chi connectivity index (χ2v) is 8.95. The second-order valence-electron chi connectivity index (χ2n) is 6.93. The first-order valence-electron chi connectivity index (χ1n) is 9.59. The lowest BCUT2D eigenvalue weighted by atomic mass is 9.95. The lowest BCUT2D eigenvalue weighted by molar-refractivity contribution is -0.119. The van der Waals surface area contributed by atoms with Crippen LogP contribution in [0.25, 0.3) is 11.1 Å². The van der Waals surface area contributed by atoms with Crippen molar-refractivity contribution in [1.82, 2.24) is 0 Å². The summed E-state index contributed by atoms with van der Waals surface area (Å²) in [6.45, 7) is -0.439. The van der Waals surface area contributed by atoms with E-state index >= 15 is 0 Å². The molecule has 8 heteroatoms. The predicted octanol–water partition coefficient (Wildman–Crippen LogP) is 4.25. The maximum absolute atomic E-state index is 12.5. The molecule has 1 aromatic carbocycles. The molecule has 0 aliphatic heterocycles. The van der Waals surface area contributed by atoms with E-state index in [1.165, 1.54) is 22.7 Å². The number of aryl methyl sites for hydroxylation is 1. The summed E-state index contributed by atoms with van der Waals surface area (Å²) >= 11 is 2.65.